The Hall–Kier alpha value is -1.66. The molecule has 1 unspecified atom stereocenters. The van der Waals surface area contributed by atoms with Gasteiger partial charge in [-0.15, -0.1) is 6.58 Å². The maximum atomic E-state index is 12.8. The van der Waals surface area contributed by atoms with E-state index in [-0.39, 0.29) is 11.4 Å². The summed E-state index contributed by atoms with van der Waals surface area (Å²) in [5.74, 6) is -0.588. The SMILES string of the molecule is C=CCN(C(C)C(=O)OC(C)(C)C)S(=O)(=O)c1ccc(C)cc1. The second kappa shape index (κ2) is 7.27. The molecule has 0 aliphatic carbocycles. The third kappa shape index (κ3) is 5.18. The van der Waals surface area contributed by atoms with Crippen molar-refractivity contribution in [3.63, 3.8) is 0 Å². The first-order chi connectivity index (χ1) is 10.5. The van der Waals surface area contributed by atoms with Crippen molar-refractivity contribution in [2.75, 3.05) is 6.54 Å². The normalized spacial score (nSPS) is 13.7. The molecule has 0 bridgehead atoms. The van der Waals surface area contributed by atoms with E-state index in [9.17, 15) is 13.2 Å². The summed E-state index contributed by atoms with van der Waals surface area (Å²) in [5.41, 5.74) is 0.276. The summed E-state index contributed by atoms with van der Waals surface area (Å²) in [4.78, 5) is 12.4. The van der Waals surface area contributed by atoms with Crippen LogP contribution < -0.4 is 0 Å². The van der Waals surface area contributed by atoms with Crippen molar-refractivity contribution in [3.8, 4) is 0 Å². The number of aryl methyl sites for hydroxylation is 1. The number of hydrogen-bond donors (Lipinski definition) is 0. The van der Waals surface area contributed by atoms with Crippen LogP contribution in [0.5, 0.6) is 0 Å². The second-order valence-electron chi connectivity index (χ2n) is 6.39. The summed E-state index contributed by atoms with van der Waals surface area (Å²) in [6.07, 6.45) is 1.45. The third-order valence-electron chi connectivity index (χ3n) is 3.12. The summed E-state index contributed by atoms with van der Waals surface area (Å²) in [7, 11) is -3.82. The van der Waals surface area contributed by atoms with Crippen LogP contribution in [0.3, 0.4) is 0 Å². The molecule has 0 spiro atoms. The second-order valence-corrected chi connectivity index (χ2v) is 8.28. The van der Waals surface area contributed by atoms with Crippen LogP contribution in [0.25, 0.3) is 0 Å². The molecule has 0 saturated carbocycles. The van der Waals surface area contributed by atoms with Gasteiger partial charge in [0, 0.05) is 6.54 Å². The fourth-order valence-electron chi connectivity index (χ4n) is 1.94. The Labute approximate surface area is 139 Å². The van der Waals surface area contributed by atoms with Crippen LogP contribution in [-0.2, 0) is 19.6 Å². The average molecular weight is 339 g/mol. The first-order valence-electron chi connectivity index (χ1n) is 7.41. The highest BCUT2D eigenvalue weighted by Crippen LogP contribution is 2.20. The Morgan fingerprint density at radius 1 is 1.30 bits per heavy atom. The maximum absolute atomic E-state index is 12.8. The van der Waals surface area contributed by atoms with Crippen molar-refractivity contribution in [2.24, 2.45) is 0 Å². The summed E-state index contributed by atoms with van der Waals surface area (Å²) in [6.45, 7) is 12.2. The van der Waals surface area contributed by atoms with Crippen molar-refractivity contribution >= 4 is 16.0 Å². The maximum Gasteiger partial charge on any atom is 0.324 e. The van der Waals surface area contributed by atoms with E-state index in [2.05, 4.69) is 6.58 Å². The molecule has 0 N–H and O–H groups in total. The molecule has 0 heterocycles. The molecule has 0 aromatic heterocycles. The lowest BCUT2D eigenvalue weighted by molar-refractivity contribution is -0.158. The predicted octanol–water partition coefficient (Wildman–Crippen LogP) is 2.90. The number of sulfonamides is 1. The first kappa shape index (κ1) is 19.4. The van der Waals surface area contributed by atoms with E-state index in [0.29, 0.717) is 0 Å². The third-order valence-corrected chi connectivity index (χ3v) is 5.07. The zero-order valence-electron chi connectivity index (χ0n) is 14.4. The number of carbonyl (C=O) groups is 1. The molecule has 0 fully saturated rings. The largest absolute Gasteiger partial charge is 0.459 e. The highest BCUT2D eigenvalue weighted by atomic mass is 32.2. The van der Waals surface area contributed by atoms with Crippen LogP contribution in [0.2, 0.25) is 0 Å². The molecule has 0 radical (unpaired) electrons. The Kier molecular flexibility index (Phi) is 6.13. The first-order valence-corrected chi connectivity index (χ1v) is 8.85. The number of carbonyl (C=O) groups excluding carboxylic acids is 1. The minimum absolute atomic E-state index is 0.0244. The van der Waals surface area contributed by atoms with Gasteiger partial charge in [0.15, 0.2) is 0 Å². The minimum atomic E-state index is -3.82. The Morgan fingerprint density at radius 2 is 1.83 bits per heavy atom. The average Bonchev–Trinajstić information content (AvgIpc) is 2.42. The molecule has 128 valence electrons. The summed E-state index contributed by atoms with van der Waals surface area (Å²) >= 11 is 0. The number of ether oxygens (including phenoxy) is 1. The summed E-state index contributed by atoms with van der Waals surface area (Å²) < 4.78 is 32.0. The van der Waals surface area contributed by atoms with E-state index in [1.165, 1.54) is 25.1 Å². The number of rotatable bonds is 6. The van der Waals surface area contributed by atoms with Crippen molar-refractivity contribution in [1.29, 1.82) is 0 Å². The monoisotopic (exact) mass is 339 g/mol. The lowest BCUT2D eigenvalue weighted by Crippen LogP contribution is -2.45. The molecule has 0 aliphatic rings. The van der Waals surface area contributed by atoms with Gasteiger partial charge in [0.2, 0.25) is 10.0 Å². The standard InChI is InChI=1S/C17H25NO4S/c1-7-12-18(14(3)16(19)22-17(4,5)6)23(20,21)15-10-8-13(2)9-11-15/h7-11,14H,1,12H2,2-6H3. The van der Waals surface area contributed by atoms with E-state index >= 15 is 0 Å². The van der Waals surface area contributed by atoms with Crippen molar-refractivity contribution in [1.82, 2.24) is 4.31 Å². The van der Waals surface area contributed by atoms with Gasteiger partial charge in [0.1, 0.15) is 11.6 Å². The van der Waals surface area contributed by atoms with Crippen LogP contribution in [0.15, 0.2) is 41.8 Å². The van der Waals surface area contributed by atoms with Crippen molar-refractivity contribution in [2.45, 2.75) is 51.2 Å². The Balaban J connectivity index is 3.16. The molecule has 1 aromatic rings. The fourth-order valence-corrected chi connectivity index (χ4v) is 3.50. The molecule has 6 heteroatoms. The van der Waals surface area contributed by atoms with Gasteiger partial charge in [-0.2, -0.15) is 4.31 Å². The Bertz CT molecular complexity index is 657. The molecule has 0 aliphatic heterocycles. The van der Waals surface area contributed by atoms with Gasteiger partial charge in [0.05, 0.1) is 4.90 Å². The van der Waals surface area contributed by atoms with Crippen LogP contribution in [0.1, 0.15) is 33.3 Å². The molecule has 1 rings (SSSR count). The zero-order chi connectivity index (χ0) is 17.8. The van der Waals surface area contributed by atoms with Gasteiger partial charge in [-0.3, -0.25) is 4.79 Å². The zero-order valence-corrected chi connectivity index (χ0v) is 15.2. The van der Waals surface area contributed by atoms with E-state index in [1.807, 2.05) is 6.92 Å². The lowest BCUT2D eigenvalue weighted by atomic mass is 10.2. The topological polar surface area (TPSA) is 63.7 Å². The highest BCUT2D eigenvalue weighted by molar-refractivity contribution is 7.89. The molecular weight excluding hydrogens is 314 g/mol. The molecule has 0 saturated heterocycles. The van der Waals surface area contributed by atoms with Gasteiger partial charge >= 0.3 is 5.97 Å². The smallest absolute Gasteiger partial charge is 0.324 e. The van der Waals surface area contributed by atoms with Gasteiger partial charge in [-0.05, 0) is 46.8 Å². The van der Waals surface area contributed by atoms with E-state index in [1.54, 1.807) is 32.9 Å². The van der Waals surface area contributed by atoms with Gasteiger partial charge in [-0.1, -0.05) is 23.8 Å². The number of nitrogens with zero attached hydrogens (tertiary/aromatic N) is 1. The summed E-state index contributed by atoms with van der Waals surface area (Å²) in [5, 5.41) is 0. The van der Waals surface area contributed by atoms with E-state index in [4.69, 9.17) is 4.74 Å². The van der Waals surface area contributed by atoms with Crippen molar-refractivity contribution in [3.05, 3.63) is 42.5 Å². The van der Waals surface area contributed by atoms with E-state index in [0.717, 1.165) is 9.87 Å². The number of esters is 1. The fraction of sp³-hybridized carbons (Fsp3) is 0.471. The minimum Gasteiger partial charge on any atom is -0.459 e. The molecule has 1 aromatic carbocycles. The molecule has 5 nitrogen and oxygen atoms in total. The Morgan fingerprint density at radius 3 is 2.26 bits per heavy atom. The quantitative estimate of drug-likeness (QED) is 0.590. The van der Waals surface area contributed by atoms with Gasteiger partial charge < -0.3 is 4.74 Å². The molecule has 1 atom stereocenters. The van der Waals surface area contributed by atoms with E-state index < -0.39 is 27.6 Å². The molecule has 23 heavy (non-hydrogen) atoms. The highest BCUT2D eigenvalue weighted by Gasteiger charge is 2.34. The molecule has 0 amide bonds. The van der Waals surface area contributed by atoms with Crippen LogP contribution in [0, 0.1) is 6.92 Å². The number of hydrogen-bond acceptors (Lipinski definition) is 4. The lowest BCUT2D eigenvalue weighted by Gasteiger charge is -2.29. The van der Waals surface area contributed by atoms with Crippen LogP contribution in [0.4, 0.5) is 0 Å². The predicted molar refractivity (Wildman–Crippen MR) is 90.6 cm³/mol. The van der Waals surface area contributed by atoms with Gasteiger partial charge in [-0.25, -0.2) is 8.42 Å². The van der Waals surface area contributed by atoms with Crippen LogP contribution in [-0.4, -0.2) is 36.9 Å². The van der Waals surface area contributed by atoms with Crippen LogP contribution >= 0.6 is 0 Å². The summed E-state index contributed by atoms with van der Waals surface area (Å²) in [6, 6.07) is 5.55. The van der Waals surface area contributed by atoms with Crippen molar-refractivity contribution < 1.29 is 17.9 Å². The number of benzene rings is 1. The van der Waals surface area contributed by atoms with Gasteiger partial charge in [0.25, 0.3) is 0 Å². The molecular formula is C17H25NO4S.